The van der Waals surface area contributed by atoms with E-state index < -0.39 is 0 Å². The normalized spacial score (nSPS) is 14.7. The van der Waals surface area contributed by atoms with Crippen molar-refractivity contribution in [1.82, 2.24) is 19.9 Å². The van der Waals surface area contributed by atoms with Crippen LogP contribution >= 0.6 is 34.3 Å². The van der Waals surface area contributed by atoms with Gasteiger partial charge in [-0.15, -0.1) is 22.7 Å². The molecule has 0 aliphatic carbocycles. The van der Waals surface area contributed by atoms with E-state index in [0.29, 0.717) is 33.7 Å². The van der Waals surface area contributed by atoms with Gasteiger partial charge in [0.2, 0.25) is 0 Å². The van der Waals surface area contributed by atoms with Gasteiger partial charge in [-0.2, -0.15) is 0 Å². The Labute approximate surface area is 193 Å². The number of hydrogen-bond acceptors (Lipinski definition) is 9. The van der Waals surface area contributed by atoms with Gasteiger partial charge in [-0.05, 0) is 18.4 Å². The number of carbonyl (C=O) groups excluding carboxylic acids is 1. The van der Waals surface area contributed by atoms with E-state index in [1.807, 2.05) is 18.4 Å². The molecule has 0 unspecified atom stereocenters. The molecule has 1 amide bonds. The van der Waals surface area contributed by atoms with Gasteiger partial charge in [-0.3, -0.25) is 9.69 Å². The van der Waals surface area contributed by atoms with E-state index in [2.05, 4.69) is 30.1 Å². The maximum absolute atomic E-state index is 12.5. The number of nitrogens with zero attached hydrogens (tertiary/aromatic N) is 5. The Morgan fingerprint density at radius 1 is 1.29 bits per heavy atom. The number of hydrogen-bond donors (Lipinski definition) is 2. The molecule has 0 bridgehead atoms. The molecule has 4 heterocycles. The van der Waals surface area contributed by atoms with Crippen LogP contribution in [0.3, 0.4) is 0 Å². The summed E-state index contributed by atoms with van der Waals surface area (Å²) in [6.45, 7) is 6.31. The molecule has 11 heteroatoms. The number of amides is 1. The van der Waals surface area contributed by atoms with Crippen LogP contribution in [0.15, 0.2) is 23.7 Å². The number of piperazine rings is 1. The molecule has 2 N–H and O–H groups in total. The van der Waals surface area contributed by atoms with Crippen LogP contribution in [0.2, 0.25) is 4.34 Å². The van der Waals surface area contributed by atoms with Crippen LogP contribution in [-0.2, 0) is 6.42 Å². The molecule has 1 aliphatic heterocycles. The van der Waals surface area contributed by atoms with Crippen LogP contribution in [0.4, 0.5) is 11.5 Å². The Morgan fingerprint density at radius 3 is 2.81 bits per heavy atom. The lowest BCUT2D eigenvalue weighted by molar-refractivity contribution is 0.103. The van der Waals surface area contributed by atoms with E-state index in [1.54, 1.807) is 12.3 Å². The van der Waals surface area contributed by atoms with Crippen molar-refractivity contribution < 1.29 is 9.90 Å². The van der Waals surface area contributed by atoms with Crippen molar-refractivity contribution in [3.63, 3.8) is 0 Å². The molecule has 1 aliphatic rings. The molecule has 0 radical (unpaired) electrons. The lowest BCUT2D eigenvalue weighted by atomic mass is 10.2. The fraction of sp³-hybridized carbons (Fsp3) is 0.400. The van der Waals surface area contributed by atoms with E-state index in [-0.39, 0.29) is 12.5 Å². The Kier molecular flexibility index (Phi) is 7.13. The number of β-amino-alcohol motifs (C(OH)–C–C–N with tert-alkyl or cyclic N) is 1. The summed E-state index contributed by atoms with van der Waals surface area (Å²) in [5.74, 6) is 1.41. The molecule has 1 fully saturated rings. The second-order valence-corrected chi connectivity index (χ2v) is 9.81. The summed E-state index contributed by atoms with van der Waals surface area (Å²) in [7, 11) is 0. The lowest BCUT2D eigenvalue weighted by Crippen LogP contribution is -2.47. The van der Waals surface area contributed by atoms with Gasteiger partial charge in [0, 0.05) is 45.2 Å². The number of anilines is 2. The van der Waals surface area contributed by atoms with Crippen LogP contribution in [0.25, 0.3) is 0 Å². The Bertz CT molecular complexity index is 1050. The molecule has 3 aromatic rings. The van der Waals surface area contributed by atoms with Gasteiger partial charge in [0.05, 0.1) is 29.2 Å². The van der Waals surface area contributed by atoms with Crippen LogP contribution in [0, 0.1) is 6.92 Å². The first-order valence-electron chi connectivity index (χ1n) is 9.93. The van der Waals surface area contributed by atoms with Crippen molar-refractivity contribution in [2.75, 3.05) is 49.5 Å². The first-order chi connectivity index (χ1) is 15.0. The monoisotopic (exact) mass is 478 g/mol. The zero-order valence-corrected chi connectivity index (χ0v) is 19.4. The molecular weight excluding hydrogens is 456 g/mol. The molecule has 0 atom stereocenters. The van der Waals surface area contributed by atoms with E-state index in [1.165, 1.54) is 22.7 Å². The summed E-state index contributed by atoms with van der Waals surface area (Å²) in [4.78, 5) is 31.1. The number of aryl methyl sites for hydroxylation is 1. The number of aromatic nitrogens is 3. The zero-order valence-electron chi connectivity index (χ0n) is 17.0. The summed E-state index contributed by atoms with van der Waals surface area (Å²) in [6, 6.07) is 3.78. The Hall–Kier alpha value is -2.11. The van der Waals surface area contributed by atoms with E-state index >= 15 is 0 Å². The first-order valence-corrected chi connectivity index (χ1v) is 12.0. The number of carbonyl (C=O) groups is 1. The minimum atomic E-state index is -0.218. The molecular formula is C20H23ClN6O2S2. The molecule has 4 rings (SSSR count). The van der Waals surface area contributed by atoms with Crippen LogP contribution in [0.5, 0.6) is 0 Å². The minimum Gasteiger partial charge on any atom is -0.395 e. The zero-order chi connectivity index (χ0) is 21.8. The number of rotatable bonds is 7. The third-order valence-corrected chi connectivity index (χ3v) is 7.13. The second-order valence-electron chi connectivity index (χ2n) is 7.17. The average Bonchev–Trinajstić information content (AvgIpc) is 3.37. The van der Waals surface area contributed by atoms with Gasteiger partial charge >= 0.3 is 0 Å². The number of nitrogens with one attached hydrogen (secondary N) is 1. The van der Waals surface area contributed by atoms with Gasteiger partial charge in [-0.1, -0.05) is 11.6 Å². The number of thiophene rings is 1. The molecule has 3 aromatic heterocycles. The van der Waals surface area contributed by atoms with Gasteiger partial charge in [0.25, 0.3) is 5.91 Å². The molecule has 1 saturated heterocycles. The molecule has 0 aromatic carbocycles. The standard InChI is InChI=1S/C20H23ClN6O2S2/c1-13-23-14(10-17(24-13)27-5-3-26(4-6-27)7-8-28)11-18-22-12-16(31-18)20(29)25-15-2-9-30-19(15)21/h2,9-10,12,28H,3-8,11H2,1H3,(H,25,29). The van der Waals surface area contributed by atoms with Crippen molar-refractivity contribution in [3.05, 3.63) is 49.4 Å². The van der Waals surface area contributed by atoms with E-state index in [9.17, 15) is 4.79 Å². The fourth-order valence-corrected chi connectivity index (χ4v) is 5.09. The predicted octanol–water partition coefficient (Wildman–Crippen LogP) is 2.91. The van der Waals surface area contributed by atoms with Gasteiger partial charge in [0.15, 0.2) is 0 Å². The third-order valence-electron chi connectivity index (χ3n) is 4.97. The number of thiazole rings is 1. The van der Waals surface area contributed by atoms with E-state index in [4.69, 9.17) is 16.7 Å². The summed E-state index contributed by atoms with van der Waals surface area (Å²) >= 11 is 8.78. The number of aliphatic hydroxyl groups excluding tert-OH is 1. The van der Waals surface area contributed by atoms with Crippen molar-refractivity contribution in [2.45, 2.75) is 13.3 Å². The summed E-state index contributed by atoms with van der Waals surface area (Å²) in [6.07, 6.45) is 2.13. The highest BCUT2D eigenvalue weighted by molar-refractivity contribution is 7.15. The van der Waals surface area contributed by atoms with Crippen molar-refractivity contribution in [1.29, 1.82) is 0 Å². The highest BCUT2D eigenvalue weighted by Crippen LogP contribution is 2.28. The molecule has 31 heavy (non-hydrogen) atoms. The molecule has 164 valence electrons. The maximum atomic E-state index is 12.5. The summed E-state index contributed by atoms with van der Waals surface area (Å²) in [5, 5.41) is 14.6. The lowest BCUT2D eigenvalue weighted by Gasteiger charge is -2.35. The Morgan fingerprint density at radius 2 is 2.10 bits per heavy atom. The van der Waals surface area contributed by atoms with Crippen molar-refractivity contribution in [3.8, 4) is 0 Å². The topological polar surface area (TPSA) is 94.5 Å². The molecule has 0 spiro atoms. The minimum absolute atomic E-state index is 0.185. The van der Waals surface area contributed by atoms with Crippen molar-refractivity contribution >= 4 is 51.7 Å². The first kappa shape index (κ1) is 22.1. The summed E-state index contributed by atoms with van der Waals surface area (Å²) < 4.78 is 0.555. The van der Waals surface area contributed by atoms with Crippen LogP contribution < -0.4 is 10.2 Å². The van der Waals surface area contributed by atoms with Gasteiger partial charge in [0.1, 0.15) is 20.9 Å². The number of aliphatic hydroxyl groups is 1. The SMILES string of the molecule is Cc1nc(Cc2ncc(C(=O)Nc3ccsc3Cl)s2)cc(N2CCN(CCO)CC2)n1. The fourth-order valence-electron chi connectivity index (χ4n) is 3.42. The highest BCUT2D eigenvalue weighted by Gasteiger charge is 2.19. The smallest absolute Gasteiger partial charge is 0.267 e. The van der Waals surface area contributed by atoms with Gasteiger partial charge < -0.3 is 15.3 Å². The van der Waals surface area contributed by atoms with Crippen molar-refractivity contribution in [2.24, 2.45) is 0 Å². The predicted molar refractivity (Wildman–Crippen MR) is 125 cm³/mol. The number of halogens is 1. The van der Waals surface area contributed by atoms with Crippen LogP contribution in [0.1, 0.15) is 26.2 Å². The quantitative estimate of drug-likeness (QED) is 0.539. The largest absolute Gasteiger partial charge is 0.395 e. The molecule has 0 saturated carbocycles. The summed E-state index contributed by atoms with van der Waals surface area (Å²) in [5.41, 5.74) is 1.49. The highest BCUT2D eigenvalue weighted by atomic mass is 35.5. The van der Waals surface area contributed by atoms with Gasteiger partial charge in [-0.25, -0.2) is 15.0 Å². The maximum Gasteiger partial charge on any atom is 0.267 e. The average molecular weight is 479 g/mol. The third kappa shape index (κ3) is 5.58. The molecule has 8 nitrogen and oxygen atoms in total. The van der Waals surface area contributed by atoms with E-state index in [0.717, 1.165) is 42.7 Å². The van der Waals surface area contributed by atoms with Crippen LogP contribution in [-0.4, -0.2) is 70.2 Å². The Balaban J connectivity index is 1.42. The second kappa shape index (κ2) is 10.0.